The van der Waals surface area contributed by atoms with Crippen molar-refractivity contribution >= 4 is 17.0 Å². The van der Waals surface area contributed by atoms with Gasteiger partial charge in [0.2, 0.25) is 0 Å². The molecule has 3 rings (SSSR count). The van der Waals surface area contributed by atoms with E-state index < -0.39 is 11.9 Å². The predicted molar refractivity (Wildman–Crippen MR) is 68.4 cm³/mol. The maximum Gasteiger partial charge on any atom is 0.307 e. The molecule has 1 fully saturated rings. The molecule has 1 aromatic heterocycles. The van der Waals surface area contributed by atoms with Gasteiger partial charge in [0.25, 0.3) is 0 Å². The molecule has 0 spiro atoms. The minimum Gasteiger partial charge on any atom is -0.481 e. The lowest BCUT2D eigenvalue weighted by atomic mass is 9.79. The number of imidazole rings is 1. The van der Waals surface area contributed by atoms with Gasteiger partial charge in [0, 0.05) is 5.92 Å². The summed E-state index contributed by atoms with van der Waals surface area (Å²) >= 11 is 0. The van der Waals surface area contributed by atoms with Gasteiger partial charge in [0.05, 0.1) is 11.4 Å². The molecule has 5 heteroatoms. The average Bonchev–Trinajstić information content (AvgIpc) is 2.84. The van der Waals surface area contributed by atoms with Crippen molar-refractivity contribution in [2.45, 2.75) is 31.6 Å². The molecule has 1 aromatic carbocycles. The van der Waals surface area contributed by atoms with Crippen LogP contribution in [0, 0.1) is 11.7 Å². The number of nitrogens with one attached hydrogen (secondary N) is 1. The summed E-state index contributed by atoms with van der Waals surface area (Å²) in [5.41, 5.74) is 0.928. The molecule has 1 heterocycles. The predicted octanol–water partition coefficient (Wildman–Crippen LogP) is 3.06. The van der Waals surface area contributed by atoms with Crippen LogP contribution >= 0.6 is 0 Å². The van der Waals surface area contributed by atoms with Gasteiger partial charge in [-0.05, 0) is 25.0 Å². The number of fused-ring (bicyclic) bond motifs is 1. The molecule has 0 amide bonds. The molecule has 2 unspecified atom stereocenters. The standard InChI is InChI=1S/C14H15FN2O2/c15-10-6-3-7-11-12(10)17-13(16-11)8-4-1-2-5-9(8)14(18)19/h3,6-9H,1-2,4-5H2,(H,16,17)(H,18,19). The molecular weight excluding hydrogens is 247 g/mol. The van der Waals surface area contributed by atoms with E-state index in [-0.39, 0.29) is 11.7 Å². The van der Waals surface area contributed by atoms with Crippen LogP contribution in [-0.4, -0.2) is 21.0 Å². The van der Waals surface area contributed by atoms with Crippen LogP contribution in [0.15, 0.2) is 18.2 Å². The number of aliphatic carboxylic acids is 1. The van der Waals surface area contributed by atoms with Gasteiger partial charge >= 0.3 is 5.97 Å². The van der Waals surface area contributed by atoms with Crippen molar-refractivity contribution in [1.82, 2.24) is 9.97 Å². The van der Waals surface area contributed by atoms with Crippen molar-refractivity contribution in [3.8, 4) is 0 Å². The number of aromatic amines is 1. The Hall–Kier alpha value is -1.91. The highest BCUT2D eigenvalue weighted by atomic mass is 19.1. The van der Waals surface area contributed by atoms with Crippen LogP contribution in [0.4, 0.5) is 4.39 Å². The largest absolute Gasteiger partial charge is 0.481 e. The first-order valence-electron chi connectivity index (χ1n) is 6.54. The van der Waals surface area contributed by atoms with E-state index in [4.69, 9.17) is 0 Å². The first-order valence-corrected chi connectivity index (χ1v) is 6.54. The van der Waals surface area contributed by atoms with Crippen LogP contribution in [0.1, 0.15) is 37.4 Å². The molecule has 2 atom stereocenters. The number of nitrogens with zero attached hydrogens (tertiary/aromatic N) is 1. The van der Waals surface area contributed by atoms with Gasteiger partial charge in [0.1, 0.15) is 11.3 Å². The second-order valence-corrected chi connectivity index (χ2v) is 5.09. The Bertz CT molecular complexity index is 623. The molecule has 0 saturated heterocycles. The Morgan fingerprint density at radius 1 is 1.37 bits per heavy atom. The summed E-state index contributed by atoms with van der Waals surface area (Å²) in [6, 6.07) is 4.74. The molecule has 2 N–H and O–H groups in total. The van der Waals surface area contributed by atoms with Crippen LogP contribution in [0.3, 0.4) is 0 Å². The van der Waals surface area contributed by atoms with Gasteiger partial charge in [-0.25, -0.2) is 9.37 Å². The second-order valence-electron chi connectivity index (χ2n) is 5.09. The number of rotatable bonds is 2. The Balaban J connectivity index is 2.02. The van der Waals surface area contributed by atoms with E-state index in [9.17, 15) is 14.3 Å². The number of para-hydroxylation sites is 1. The molecule has 1 aliphatic carbocycles. The minimum absolute atomic E-state index is 0.141. The zero-order chi connectivity index (χ0) is 13.4. The molecule has 1 saturated carbocycles. The van der Waals surface area contributed by atoms with Crippen molar-refractivity contribution in [3.63, 3.8) is 0 Å². The Morgan fingerprint density at radius 2 is 2.16 bits per heavy atom. The Morgan fingerprint density at radius 3 is 2.89 bits per heavy atom. The lowest BCUT2D eigenvalue weighted by molar-refractivity contribution is -0.143. The normalized spacial score (nSPS) is 23.6. The number of carboxylic acid groups (broad SMARTS) is 1. The fraction of sp³-hybridized carbons (Fsp3) is 0.429. The van der Waals surface area contributed by atoms with Gasteiger partial charge in [-0.1, -0.05) is 18.9 Å². The number of aromatic nitrogens is 2. The SMILES string of the molecule is O=C(O)C1CCCCC1c1nc2c(F)cccc2[nH]1. The third-order valence-electron chi connectivity index (χ3n) is 3.92. The molecule has 100 valence electrons. The van der Waals surface area contributed by atoms with E-state index in [1.807, 2.05) is 0 Å². The maximum absolute atomic E-state index is 13.6. The monoisotopic (exact) mass is 262 g/mol. The van der Waals surface area contributed by atoms with Crippen LogP contribution in [0.5, 0.6) is 0 Å². The van der Waals surface area contributed by atoms with Crippen molar-refractivity contribution in [2.75, 3.05) is 0 Å². The smallest absolute Gasteiger partial charge is 0.307 e. The van der Waals surface area contributed by atoms with E-state index in [1.165, 1.54) is 6.07 Å². The van der Waals surface area contributed by atoms with Crippen LogP contribution in [0.25, 0.3) is 11.0 Å². The summed E-state index contributed by atoms with van der Waals surface area (Å²) in [5, 5.41) is 9.28. The van der Waals surface area contributed by atoms with Gasteiger partial charge in [0.15, 0.2) is 5.82 Å². The van der Waals surface area contributed by atoms with Gasteiger partial charge in [-0.2, -0.15) is 0 Å². The van der Waals surface area contributed by atoms with Crippen molar-refractivity contribution in [3.05, 3.63) is 29.8 Å². The van der Waals surface area contributed by atoms with Gasteiger partial charge in [-0.15, -0.1) is 0 Å². The van der Waals surface area contributed by atoms with Gasteiger partial charge < -0.3 is 10.1 Å². The zero-order valence-corrected chi connectivity index (χ0v) is 10.4. The third-order valence-corrected chi connectivity index (χ3v) is 3.92. The number of carboxylic acids is 1. The molecular formula is C14H15FN2O2. The average molecular weight is 262 g/mol. The summed E-state index contributed by atoms with van der Waals surface area (Å²) in [6.07, 6.45) is 3.38. The molecule has 1 aliphatic rings. The zero-order valence-electron chi connectivity index (χ0n) is 10.4. The van der Waals surface area contributed by atoms with E-state index in [0.717, 1.165) is 19.3 Å². The number of hydrogen-bond acceptors (Lipinski definition) is 2. The number of halogens is 1. The number of carbonyl (C=O) groups is 1. The number of benzene rings is 1. The second kappa shape index (κ2) is 4.64. The quantitative estimate of drug-likeness (QED) is 0.874. The van der Waals surface area contributed by atoms with Crippen molar-refractivity contribution in [1.29, 1.82) is 0 Å². The minimum atomic E-state index is -0.786. The lowest BCUT2D eigenvalue weighted by Crippen LogP contribution is -2.26. The molecule has 0 aliphatic heterocycles. The first-order chi connectivity index (χ1) is 9.16. The topological polar surface area (TPSA) is 66.0 Å². The molecule has 19 heavy (non-hydrogen) atoms. The van der Waals surface area contributed by atoms with Gasteiger partial charge in [-0.3, -0.25) is 4.79 Å². The molecule has 2 aromatic rings. The summed E-state index contributed by atoms with van der Waals surface area (Å²) in [5.74, 6) is -1.11. The number of hydrogen-bond donors (Lipinski definition) is 2. The highest BCUT2D eigenvalue weighted by molar-refractivity contribution is 5.76. The van der Waals surface area contributed by atoms with E-state index in [1.54, 1.807) is 12.1 Å². The highest BCUT2D eigenvalue weighted by Gasteiger charge is 2.33. The number of H-pyrrole nitrogens is 1. The first kappa shape index (κ1) is 12.1. The van der Waals surface area contributed by atoms with Crippen LogP contribution < -0.4 is 0 Å². The van der Waals surface area contributed by atoms with Crippen molar-refractivity contribution in [2.24, 2.45) is 5.92 Å². The van der Waals surface area contributed by atoms with E-state index in [0.29, 0.717) is 23.3 Å². The Kier molecular flexibility index (Phi) is 2.97. The summed E-state index contributed by atoms with van der Waals surface area (Å²) < 4.78 is 13.6. The van der Waals surface area contributed by atoms with Crippen LogP contribution in [-0.2, 0) is 4.79 Å². The molecule has 0 radical (unpaired) electrons. The van der Waals surface area contributed by atoms with E-state index in [2.05, 4.69) is 9.97 Å². The third kappa shape index (κ3) is 2.09. The van der Waals surface area contributed by atoms with E-state index >= 15 is 0 Å². The Labute approximate surface area is 109 Å². The van der Waals surface area contributed by atoms with Crippen molar-refractivity contribution < 1.29 is 14.3 Å². The highest BCUT2D eigenvalue weighted by Crippen LogP contribution is 2.37. The fourth-order valence-corrected chi connectivity index (χ4v) is 2.95. The fourth-order valence-electron chi connectivity index (χ4n) is 2.95. The lowest BCUT2D eigenvalue weighted by Gasteiger charge is -2.26. The summed E-state index contributed by atoms with van der Waals surface area (Å²) in [4.78, 5) is 18.7. The summed E-state index contributed by atoms with van der Waals surface area (Å²) in [7, 11) is 0. The molecule has 4 nitrogen and oxygen atoms in total. The maximum atomic E-state index is 13.6. The molecule has 0 bridgehead atoms. The van der Waals surface area contributed by atoms with Crippen LogP contribution in [0.2, 0.25) is 0 Å². The summed E-state index contributed by atoms with van der Waals surface area (Å²) in [6.45, 7) is 0.